The maximum absolute atomic E-state index is 12.5. The summed E-state index contributed by atoms with van der Waals surface area (Å²) in [4.78, 5) is 24.2. The van der Waals surface area contributed by atoms with Crippen LogP contribution in [0.1, 0.15) is 21.5 Å². The Morgan fingerprint density at radius 1 is 1.09 bits per heavy atom. The summed E-state index contributed by atoms with van der Waals surface area (Å²) >= 11 is 1.31. The molecule has 22 heavy (non-hydrogen) atoms. The number of carbonyl (C=O) groups excluding carboxylic acids is 2. The minimum atomic E-state index is -0.388. The molecule has 2 rings (SSSR count). The van der Waals surface area contributed by atoms with Gasteiger partial charge in [0.15, 0.2) is 0 Å². The first-order valence-electron chi connectivity index (χ1n) is 6.86. The molecular weight excluding hydrogens is 296 g/mol. The van der Waals surface area contributed by atoms with Gasteiger partial charge in [-0.05, 0) is 43.2 Å². The van der Waals surface area contributed by atoms with Gasteiger partial charge in [0, 0.05) is 10.5 Å². The number of primary amides is 1. The molecule has 0 heterocycles. The predicted octanol–water partition coefficient (Wildman–Crippen LogP) is 3.13. The van der Waals surface area contributed by atoms with E-state index in [1.165, 1.54) is 11.8 Å². The van der Waals surface area contributed by atoms with E-state index in [9.17, 15) is 9.59 Å². The number of benzene rings is 2. The van der Waals surface area contributed by atoms with Crippen LogP contribution in [0.2, 0.25) is 0 Å². The molecule has 3 N–H and O–H groups in total. The third-order valence-corrected chi connectivity index (χ3v) is 4.45. The molecule has 2 aromatic rings. The van der Waals surface area contributed by atoms with Gasteiger partial charge in [0.1, 0.15) is 0 Å². The minimum Gasteiger partial charge on any atom is -0.369 e. The van der Waals surface area contributed by atoms with Gasteiger partial charge in [-0.1, -0.05) is 24.3 Å². The number of carbonyl (C=O) groups is 2. The summed E-state index contributed by atoms with van der Waals surface area (Å²) < 4.78 is 0. The zero-order valence-electron chi connectivity index (χ0n) is 12.6. The lowest BCUT2D eigenvalue weighted by Crippen LogP contribution is -2.15. The fourth-order valence-corrected chi connectivity index (χ4v) is 2.78. The van der Waals surface area contributed by atoms with Gasteiger partial charge in [0.2, 0.25) is 5.91 Å². The molecule has 4 nitrogen and oxygen atoms in total. The van der Waals surface area contributed by atoms with Gasteiger partial charge in [0.05, 0.1) is 11.4 Å². The van der Waals surface area contributed by atoms with Crippen molar-refractivity contribution in [1.82, 2.24) is 0 Å². The van der Waals surface area contributed by atoms with Gasteiger partial charge in [-0.2, -0.15) is 0 Å². The highest BCUT2D eigenvalue weighted by Crippen LogP contribution is 2.27. The molecular formula is C17H18N2O2S. The van der Waals surface area contributed by atoms with Crippen LogP contribution >= 0.6 is 11.8 Å². The molecule has 0 saturated carbocycles. The summed E-state index contributed by atoms with van der Waals surface area (Å²) in [6, 6.07) is 13.0. The SMILES string of the molecule is Cc1cccc(C(=O)Nc2ccccc2SCC(N)=O)c1C. The summed E-state index contributed by atoms with van der Waals surface area (Å²) in [5.41, 5.74) is 8.53. The van der Waals surface area contributed by atoms with E-state index in [2.05, 4.69) is 5.32 Å². The number of nitrogens with one attached hydrogen (secondary N) is 1. The molecule has 0 aliphatic heterocycles. The summed E-state index contributed by atoms with van der Waals surface area (Å²) in [5.74, 6) is -0.370. The van der Waals surface area contributed by atoms with Crippen molar-refractivity contribution in [1.29, 1.82) is 0 Å². The van der Waals surface area contributed by atoms with E-state index in [0.717, 1.165) is 16.0 Å². The highest BCUT2D eigenvalue weighted by molar-refractivity contribution is 8.00. The summed E-state index contributed by atoms with van der Waals surface area (Å²) in [6.07, 6.45) is 0. The molecule has 2 amide bonds. The largest absolute Gasteiger partial charge is 0.369 e. The van der Waals surface area contributed by atoms with Crippen molar-refractivity contribution in [2.45, 2.75) is 18.7 Å². The quantitative estimate of drug-likeness (QED) is 0.833. The first-order valence-corrected chi connectivity index (χ1v) is 7.85. The Bertz CT molecular complexity index is 714. The molecule has 0 aromatic heterocycles. The Kier molecular flexibility index (Phi) is 5.22. The van der Waals surface area contributed by atoms with Gasteiger partial charge in [0.25, 0.3) is 5.91 Å². The number of hydrogen-bond donors (Lipinski definition) is 2. The topological polar surface area (TPSA) is 72.2 Å². The van der Waals surface area contributed by atoms with E-state index >= 15 is 0 Å². The Labute approximate surface area is 134 Å². The molecule has 0 radical (unpaired) electrons. The second-order valence-electron chi connectivity index (χ2n) is 4.95. The number of rotatable bonds is 5. The number of amides is 2. The lowest BCUT2D eigenvalue weighted by molar-refractivity contribution is -0.115. The van der Waals surface area contributed by atoms with Crippen molar-refractivity contribution < 1.29 is 9.59 Å². The molecule has 5 heteroatoms. The summed E-state index contributed by atoms with van der Waals surface area (Å²) in [5, 5.41) is 2.91. The van der Waals surface area contributed by atoms with Crippen LogP contribution in [0.25, 0.3) is 0 Å². The summed E-state index contributed by atoms with van der Waals surface area (Å²) in [6.45, 7) is 3.90. The van der Waals surface area contributed by atoms with Gasteiger partial charge in [-0.25, -0.2) is 0 Å². The van der Waals surface area contributed by atoms with E-state index in [0.29, 0.717) is 11.3 Å². The number of para-hydroxylation sites is 1. The number of nitrogens with two attached hydrogens (primary N) is 1. The van der Waals surface area contributed by atoms with Crippen LogP contribution in [0, 0.1) is 13.8 Å². The van der Waals surface area contributed by atoms with Crippen molar-refractivity contribution in [2.75, 3.05) is 11.1 Å². The first-order chi connectivity index (χ1) is 10.5. The van der Waals surface area contributed by atoms with E-state index in [4.69, 9.17) is 5.73 Å². The lowest BCUT2D eigenvalue weighted by Gasteiger charge is -2.12. The maximum atomic E-state index is 12.5. The number of thioether (sulfide) groups is 1. The van der Waals surface area contributed by atoms with Crippen LogP contribution in [-0.2, 0) is 4.79 Å². The van der Waals surface area contributed by atoms with E-state index < -0.39 is 0 Å². The van der Waals surface area contributed by atoms with Gasteiger partial charge in [-0.3, -0.25) is 9.59 Å². The normalized spacial score (nSPS) is 10.3. The van der Waals surface area contributed by atoms with Gasteiger partial charge < -0.3 is 11.1 Å². The Morgan fingerprint density at radius 2 is 1.82 bits per heavy atom. The molecule has 0 aliphatic carbocycles. The van der Waals surface area contributed by atoms with Crippen molar-refractivity contribution in [3.05, 3.63) is 59.2 Å². The van der Waals surface area contributed by atoms with Crippen LogP contribution < -0.4 is 11.1 Å². The van der Waals surface area contributed by atoms with Crippen LogP contribution in [0.4, 0.5) is 5.69 Å². The highest BCUT2D eigenvalue weighted by Gasteiger charge is 2.12. The Morgan fingerprint density at radius 3 is 2.55 bits per heavy atom. The minimum absolute atomic E-state index is 0.159. The van der Waals surface area contributed by atoms with E-state index in [1.54, 1.807) is 6.07 Å². The third kappa shape index (κ3) is 3.89. The molecule has 0 aliphatic rings. The van der Waals surface area contributed by atoms with Crippen molar-refractivity contribution >= 4 is 29.3 Å². The number of aryl methyl sites for hydroxylation is 1. The maximum Gasteiger partial charge on any atom is 0.255 e. The zero-order chi connectivity index (χ0) is 16.1. The molecule has 0 atom stereocenters. The van der Waals surface area contributed by atoms with Crippen LogP contribution in [0.5, 0.6) is 0 Å². The Balaban J connectivity index is 2.21. The molecule has 114 valence electrons. The van der Waals surface area contributed by atoms with Crippen LogP contribution in [-0.4, -0.2) is 17.6 Å². The summed E-state index contributed by atoms with van der Waals surface area (Å²) in [7, 11) is 0. The van der Waals surface area contributed by atoms with E-state index in [1.807, 2.05) is 50.2 Å². The first kappa shape index (κ1) is 16.1. The fraction of sp³-hybridized carbons (Fsp3) is 0.176. The van der Waals surface area contributed by atoms with E-state index in [-0.39, 0.29) is 17.6 Å². The molecule has 2 aromatic carbocycles. The average molecular weight is 314 g/mol. The fourth-order valence-electron chi connectivity index (χ4n) is 2.03. The second kappa shape index (κ2) is 7.13. The highest BCUT2D eigenvalue weighted by atomic mass is 32.2. The molecule has 0 bridgehead atoms. The lowest BCUT2D eigenvalue weighted by atomic mass is 10.0. The van der Waals surface area contributed by atoms with Gasteiger partial charge in [-0.15, -0.1) is 11.8 Å². The zero-order valence-corrected chi connectivity index (χ0v) is 13.4. The predicted molar refractivity (Wildman–Crippen MR) is 90.2 cm³/mol. The van der Waals surface area contributed by atoms with Crippen LogP contribution in [0.15, 0.2) is 47.4 Å². The third-order valence-electron chi connectivity index (χ3n) is 3.35. The van der Waals surface area contributed by atoms with Crippen molar-refractivity contribution in [2.24, 2.45) is 5.73 Å². The molecule has 0 fully saturated rings. The Hall–Kier alpha value is -2.27. The van der Waals surface area contributed by atoms with Crippen molar-refractivity contribution in [3.8, 4) is 0 Å². The van der Waals surface area contributed by atoms with Crippen LogP contribution in [0.3, 0.4) is 0 Å². The monoisotopic (exact) mass is 314 g/mol. The molecule has 0 spiro atoms. The standard InChI is InChI=1S/C17H18N2O2S/c1-11-6-5-7-13(12(11)2)17(21)19-14-8-3-4-9-15(14)22-10-16(18)20/h3-9H,10H2,1-2H3,(H2,18,20)(H,19,21). The number of hydrogen-bond acceptors (Lipinski definition) is 3. The second-order valence-corrected chi connectivity index (χ2v) is 5.97. The smallest absolute Gasteiger partial charge is 0.255 e. The molecule has 0 unspecified atom stereocenters. The van der Waals surface area contributed by atoms with Gasteiger partial charge >= 0.3 is 0 Å². The number of anilines is 1. The average Bonchev–Trinajstić information content (AvgIpc) is 2.49. The van der Waals surface area contributed by atoms with Crippen molar-refractivity contribution in [3.63, 3.8) is 0 Å². The molecule has 0 saturated heterocycles.